The number of furan rings is 1. The normalized spacial score (nSPS) is 21.5. The number of hydrogen-bond acceptors (Lipinski definition) is 5. The summed E-state index contributed by atoms with van der Waals surface area (Å²) in [5.74, 6) is 0.603. The predicted octanol–water partition coefficient (Wildman–Crippen LogP) is 3.55. The topological polar surface area (TPSA) is 59.8 Å². The number of hydrogen-bond donors (Lipinski definition) is 0. The van der Waals surface area contributed by atoms with E-state index in [0.29, 0.717) is 11.5 Å². The molecule has 0 saturated carbocycles. The van der Waals surface area contributed by atoms with Gasteiger partial charge in [0.1, 0.15) is 23.3 Å². The van der Waals surface area contributed by atoms with Crippen LogP contribution in [-0.4, -0.2) is 28.6 Å². The lowest BCUT2D eigenvalue weighted by atomic mass is 10.1. The van der Waals surface area contributed by atoms with Crippen molar-refractivity contribution in [2.24, 2.45) is 0 Å². The second kappa shape index (κ2) is 7.13. The fraction of sp³-hybridized carbons (Fsp3) is 0.333. The highest BCUT2D eigenvalue weighted by Crippen LogP contribution is 2.42. The Morgan fingerprint density at radius 1 is 1.25 bits per heavy atom. The maximum Gasteiger partial charge on any atom is 0.330 e. The number of thioether (sulfide) groups is 1. The Hall–Kier alpha value is -2.21. The molecule has 1 aromatic heterocycles. The Bertz CT molecular complexity index is 701. The zero-order valence-corrected chi connectivity index (χ0v) is 14.4. The Morgan fingerprint density at radius 2 is 2.00 bits per heavy atom. The third-order valence-electron chi connectivity index (χ3n) is 3.98. The highest BCUT2D eigenvalue weighted by atomic mass is 32.2. The molecule has 126 valence electrons. The molecule has 1 aliphatic rings. The highest BCUT2D eigenvalue weighted by molar-refractivity contribution is 7.99. The van der Waals surface area contributed by atoms with Gasteiger partial charge >= 0.3 is 5.97 Å². The largest absolute Gasteiger partial charge is 0.466 e. The van der Waals surface area contributed by atoms with Crippen LogP contribution < -0.4 is 0 Å². The average molecular weight is 345 g/mol. The summed E-state index contributed by atoms with van der Waals surface area (Å²) in [5.41, 5.74) is 0.924. The maximum absolute atomic E-state index is 12.6. The van der Waals surface area contributed by atoms with Crippen LogP contribution in [-0.2, 0) is 14.3 Å². The van der Waals surface area contributed by atoms with E-state index < -0.39 is 6.04 Å². The van der Waals surface area contributed by atoms with E-state index in [1.54, 1.807) is 17.2 Å². The molecule has 24 heavy (non-hydrogen) atoms. The molecule has 0 N–H and O–H groups in total. The lowest BCUT2D eigenvalue weighted by molar-refractivity contribution is -0.158. The number of esters is 1. The van der Waals surface area contributed by atoms with E-state index >= 15 is 0 Å². The monoisotopic (exact) mass is 345 g/mol. The van der Waals surface area contributed by atoms with Crippen molar-refractivity contribution in [3.05, 3.63) is 60.1 Å². The van der Waals surface area contributed by atoms with Crippen molar-refractivity contribution < 1.29 is 18.7 Å². The molecule has 1 aromatic carbocycles. The number of ether oxygens (including phenoxy) is 1. The van der Waals surface area contributed by atoms with E-state index in [4.69, 9.17) is 9.15 Å². The second-order valence-corrected chi connectivity index (χ2v) is 6.75. The maximum atomic E-state index is 12.6. The Kier molecular flexibility index (Phi) is 4.94. The van der Waals surface area contributed by atoms with Crippen molar-refractivity contribution in [3.8, 4) is 0 Å². The first-order valence-electron chi connectivity index (χ1n) is 7.77. The number of nitrogens with zero attached hydrogens (tertiary/aromatic N) is 1. The molecule has 1 aliphatic heterocycles. The van der Waals surface area contributed by atoms with E-state index in [1.165, 1.54) is 18.7 Å². The van der Waals surface area contributed by atoms with Crippen LogP contribution in [0.1, 0.15) is 36.6 Å². The summed E-state index contributed by atoms with van der Waals surface area (Å²) in [6.45, 7) is 3.29. The quantitative estimate of drug-likeness (QED) is 0.793. The Morgan fingerprint density at radius 3 is 2.62 bits per heavy atom. The molecule has 3 rings (SSSR count). The van der Waals surface area contributed by atoms with Crippen LogP contribution in [0.3, 0.4) is 0 Å². The van der Waals surface area contributed by atoms with Crippen molar-refractivity contribution in [1.29, 1.82) is 0 Å². The van der Waals surface area contributed by atoms with Gasteiger partial charge < -0.3 is 14.1 Å². The minimum Gasteiger partial charge on any atom is -0.466 e. The first-order valence-corrected chi connectivity index (χ1v) is 8.82. The molecule has 2 aromatic rings. The Labute approximate surface area is 145 Å². The fourth-order valence-corrected chi connectivity index (χ4v) is 4.18. The van der Waals surface area contributed by atoms with Crippen LogP contribution in [0.4, 0.5) is 0 Å². The molecule has 0 radical (unpaired) electrons. The Balaban J connectivity index is 1.73. The van der Waals surface area contributed by atoms with Crippen LogP contribution in [0.15, 0.2) is 53.1 Å². The van der Waals surface area contributed by atoms with Crippen LogP contribution in [0, 0.1) is 0 Å². The first kappa shape index (κ1) is 16.6. The molecule has 3 atom stereocenters. The first-order chi connectivity index (χ1) is 11.6. The lowest BCUT2D eigenvalue weighted by Gasteiger charge is -2.27. The summed E-state index contributed by atoms with van der Waals surface area (Å²) in [7, 11) is 0. The zero-order valence-electron chi connectivity index (χ0n) is 13.5. The van der Waals surface area contributed by atoms with Gasteiger partial charge in [-0.15, -0.1) is 11.8 Å². The smallest absolute Gasteiger partial charge is 0.330 e. The SMILES string of the molecule is CC(=O)N1[C@@H](c2ccco2)SC[C@H]1C(=O)O[C@H](C)c1ccccc1. The van der Waals surface area contributed by atoms with E-state index in [2.05, 4.69) is 0 Å². The lowest BCUT2D eigenvalue weighted by Crippen LogP contribution is -2.42. The van der Waals surface area contributed by atoms with E-state index in [0.717, 1.165) is 5.56 Å². The van der Waals surface area contributed by atoms with Gasteiger partial charge in [0.15, 0.2) is 0 Å². The van der Waals surface area contributed by atoms with Gasteiger partial charge in [-0.25, -0.2) is 4.79 Å². The molecule has 0 spiro atoms. The van der Waals surface area contributed by atoms with Gasteiger partial charge in [-0.1, -0.05) is 30.3 Å². The molecule has 1 saturated heterocycles. The average Bonchev–Trinajstić information content (AvgIpc) is 3.24. The summed E-state index contributed by atoms with van der Waals surface area (Å²) in [5, 5.41) is -0.290. The van der Waals surface area contributed by atoms with Crippen LogP contribution in [0.25, 0.3) is 0 Å². The van der Waals surface area contributed by atoms with Gasteiger partial charge in [-0.2, -0.15) is 0 Å². The summed E-state index contributed by atoms with van der Waals surface area (Å²) in [4.78, 5) is 26.2. The van der Waals surface area contributed by atoms with Gasteiger partial charge in [0.05, 0.1) is 6.26 Å². The van der Waals surface area contributed by atoms with Crippen molar-refractivity contribution in [1.82, 2.24) is 4.90 Å². The highest BCUT2D eigenvalue weighted by Gasteiger charge is 2.43. The van der Waals surface area contributed by atoms with Gasteiger partial charge in [0, 0.05) is 12.7 Å². The van der Waals surface area contributed by atoms with Gasteiger partial charge in [0.2, 0.25) is 5.91 Å². The van der Waals surface area contributed by atoms with Crippen molar-refractivity contribution in [2.75, 3.05) is 5.75 Å². The van der Waals surface area contributed by atoms with Gasteiger partial charge in [0.25, 0.3) is 0 Å². The van der Waals surface area contributed by atoms with Gasteiger partial charge in [-0.05, 0) is 24.6 Å². The fourth-order valence-electron chi connectivity index (χ4n) is 2.77. The van der Waals surface area contributed by atoms with Crippen molar-refractivity contribution in [3.63, 3.8) is 0 Å². The minimum absolute atomic E-state index is 0.171. The molecule has 0 bridgehead atoms. The van der Waals surface area contributed by atoms with Crippen LogP contribution in [0.5, 0.6) is 0 Å². The van der Waals surface area contributed by atoms with Crippen molar-refractivity contribution in [2.45, 2.75) is 31.4 Å². The molecule has 5 nitrogen and oxygen atoms in total. The van der Waals surface area contributed by atoms with E-state index in [1.807, 2.05) is 43.3 Å². The standard InChI is InChI=1S/C18H19NO4S/c1-12(14-7-4-3-5-8-14)23-18(21)15-11-24-17(19(15)13(2)20)16-9-6-10-22-16/h3-10,12,15,17H,11H2,1-2H3/t12-,15+,17-/m1/s1. The number of carbonyl (C=O) groups is 2. The van der Waals surface area contributed by atoms with Crippen LogP contribution >= 0.6 is 11.8 Å². The molecular formula is C18H19NO4S. The third kappa shape index (κ3) is 3.33. The zero-order chi connectivity index (χ0) is 17.1. The van der Waals surface area contributed by atoms with Crippen molar-refractivity contribution >= 4 is 23.6 Å². The van der Waals surface area contributed by atoms with E-state index in [-0.39, 0.29) is 23.4 Å². The number of amides is 1. The van der Waals surface area contributed by atoms with Gasteiger partial charge in [-0.3, -0.25) is 4.79 Å². The number of carbonyl (C=O) groups excluding carboxylic acids is 2. The van der Waals surface area contributed by atoms with Crippen LogP contribution in [0.2, 0.25) is 0 Å². The molecule has 1 fully saturated rings. The number of benzene rings is 1. The summed E-state index contributed by atoms with van der Waals surface area (Å²) < 4.78 is 11.0. The summed E-state index contributed by atoms with van der Waals surface area (Å²) in [6, 6.07) is 12.5. The minimum atomic E-state index is -0.603. The molecule has 0 aliphatic carbocycles. The molecular weight excluding hydrogens is 326 g/mol. The summed E-state index contributed by atoms with van der Waals surface area (Å²) >= 11 is 1.51. The van der Waals surface area contributed by atoms with E-state index in [9.17, 15) is 9.59 Å². The molecule has 0 unspecified atom stereocenters. The number of rotatable bonds is 4. The third-order valence-corrected chi connectivity index (χ3v) is 5.27. The second-order valence-electron chi connectivity index (χ2n) is 5.63. The molecule has 1 amide bonds. The summed E-state index contributed by atoms with van der Waals surface area (Å²) in [6.07, 6.45) is 1.21. The molecule has 6 heteroatoms. The predicted molar refractivity (Wildman–Crippen MR) is 91.2 cm³/mol. The molecule has 2 heterocycles.